The number of benzene rings is 1. The van der Waals surface area contributed by atoms with Crippen LogP contribution in [-0.4, -0.2) is 5.33 Å². The normalized spacial score (nSPS) is 12.2. The summed E-state index contributed by atoms with van der Waals surface area (Å²) in [5.74, 6) is 0.732. The van der Waals surface area contributed by atoms with Gasteiger partial charge in [0.15, 0.2) is 0 Å². The summed E-state index contributed by atoms with van der Waals surface area (Å²) in [6, 6.07) is 8.97. The Bertz CT molecular complexity index is 333. The standard InChI is InChI=1S/C15H21Br/c1-12(2)11-14-6-8-15(9-7-14)13(3)5-4-10-16/h5-9,12H,4,10-11H2,1-3H3/b13-5+. The second-order valence-electron chi connectivity index (χ2n) is 4.66. The van der Waals surface area contributed by atoms with E-state index in [4.69, 9.17) is 0 Å². The average Bonchev–Trinajstić information content (AvgIpc) is 2.26. The van der Waals surface area contributed by atoms with Gasteiger partial charge in [-0.2, -0.15) is 0 Å². The number of allylic oxidation sites excluding steroid dienone is 2. The van der Waals surface area contributed by atoms with Gasteiger partial charge < -0.3 is 0 Å². The Hall–Kier alpha value is -0.560. The largest absolute Gasteiger partial charge is 0.0925 e. The summed E-state index contributed by atoms with van der Waals surface area (Å²) in [5.41, 5.74) is 4.15. The number of halogens is 1. The van der Waals surface area contributed by atoms with Crippen molar-refractivity contribution < 1.29 is 0 Å². The van der Waals surface area contributed by atoms with E-state index in [1.54, 1.807) is 0 Å². The van der Waals surface area contributed by atoms with Gasteiger partial charge in [-0.05, 0) is 42.4 Å². The van der Waals surface area contributed by atoms with Crippen molar-refractivity contribution in [1.82, 2.24) is 0 Å². The van der Waals surface area contributed by atoms with E-state index in [9.17, 15) is 0 Å². The van der Waals surface area contributed by atoms with E-state index >= 15 is 0 Å². The van der Waals surface area contributed by atoms with Crippen LogP contribution in [0.2, 0.25) is 0 Å². The third-order valence-corrected chi connectivity index (χ3v) is 3.07. The fourth-order valence-electron chi connectivity index (χ4n) is 1.76. The first-order valence-corrected chi connectivity index (χ1v) is 7.07. The smallest absolute Gasteiger partial charge is 0.00661 e. The lowest BCUT2D eigenvalue weighted by molar-refractivity contribution is 0.647. The lowest BCUT2D eigenvalue weighted by Gasteiger charge is -2.06. The first-order chi connectivity index (χ1) is 7.63. The van der Waals surface area contributed by atoms with Crippen LogP contribution in [0.4, 0.5) is 0 Å². The molecule has 88 valence electrons. The molecule has 0 radical (unpaired) electrons. The molecule has 0 heterocycles. The summed E-state index contributed by atoms with van der Waals surface area (Å²) in [6.07, 6.45) is 4.55. The van der Waals surface area contributed by atoms with Gasteiger partial charge >= 0.3 is 0 Å². The van der Waals surface area contributed by atoms with Crippen molar-refractivity contribution in [2.24, 2.45) is 5.92 Å². The van der Waals surface area contributed by atoms with Crippen molar-refractivity contribution in [1.29, 1.82) is 0 Å². The quantitative estimate of drug-likeness (QED) is 0.661. The Balaban J connectivity index is 2.70. The SMILES string of the molecule is C/C(=C\CCBr)c1ccc(CC(C)C)cc1. The second-order valence-corrected chi connectivity index (χ2v) is 5.45. The Morgan fingerprint density at radius 2 is 1.88 bits per heavy atom. The Morgan fingerprint density at radius 3 is 2.38 bits per heavy atom. The Morgan fingerprint density at radius 1 is 1.25 bits per heavy atom. The summed E-state index contributed by atoms with van der Waals surface area (Å²) in [4.78, 5) is 0. The van der Waals surface area contributed by atoms with Crippen LogP contribution >= 0.6 is 15.9 Å². The average molecular weight is 281 g/mol. The highest BCUT2D eigenvalue weighted by Gasteiger charge is 1.99. The number of hydrogen-bond donors (Lipinski definition) is 0. The summed E-state index contributed by atoms with van der Waals surface area (Å²) in [5, 5.41) is 1.04. The van der Waals surface area contributed by atoms with Crippen LogP contribution in [-0.2, 0) is 6.42 Å². The summed E-state index contributed by atoms with van der Waals surface area (Å²) in [6.45, 7) is 6.70. The van der Waals surface area contributed by atoms with E-state index in [1.165, 1.54) is 23.1 Å². The van der Waals surface area contributed by atoms with Gasteiger partial charge in [-0.1, -0.05) is 60.1 Å². The van der Waals surface area contributed by atoms with Crippen molar-refractivity contribution in [3.05, 3.63) is 41.5 Å². The highest BCUT2D eigenvalue weighted by Crippen LogP contribution is 2.17. The molecule has 0 aliphatic rings. The first-order valence-electron chi connectivity index (χ1n) is 5.95. The Kier molecular flexibility index (Phi) is 5.83. The predicted octanol–water partition coefficient (Wildman–Crippen LogP) is 5.07. The molecule has 1 heteroatoms. The molecule has 0 nitrogen and oxygen atoms in total. The predicted molar refractivity (Wildman–Crippen MR) is 77.0 cm³/mol. The molecule has 0 amide bonds. The maximum absolute atomic E-state index is 3.44. The molecular weight excluding hydrogens is 260 g/mol. The third-order valence-electron chi connectivity index (χ3n) is 2.61. The monoisotopic (exact) mass is 280 g/mol. The second kappa shape index (κ2) is 6.90. The highest BCUT2D eigenvalue weighted by atomic mass is 79.9. The van der Waals surface area contributed by atoms with Crippen LogP contribution in [0.15, 0.2) is 30.3 Å². The molecule has 0 saturated heterocycles. The van der Waals surface area contributed by atoms with Gasteiger partial charge in [0.2, 0.25) is 0 Å². The molecule has 0 N–H and O–H groups in total. The maximum atomic E-state index is 3.44. The van der Waals surface area contributed by atoms with Crippen LogP contribution in [0.5, 0.6) is 0 Å². The van der Waals surface area contributed by atoms with E-state index in [-0.39, 0.29) is 0 Å². The summed E-state index contributed by atoms with van der Waals surface area (Å²) < 4.78 is 0. The van der Waals surface area contributed by atoms with Crippen molar-refractivity contribution in [2.75, 3.05) is 5.33 Å². The minimum atomic E-state index is 0.732. The van der Waals surface area contributed by atoms with Gasteiger partial charge in [0.1, 0.15) is 0 Å². The van der Waals surface area contributed by atoms with Crippen molar-refractivity contribution in [3.63, 3.8) is 0 Å². The zero-order valence-electron chi connectivity index (χ0n) is 10.5. The van der Waals surface area contributed by atoms with Crippen LogP contribution < -0.4 is 0 Å². The molecule has 16 heavy (non-hydrogen) atoms. The molecular formula is C15H21Br. The maximum Gasteiger partial charge on any atom is 0.00661 e. The first kappa shape index (κ1) is 13.5. The van der Waals surface area contributed by atoms with Gasteiger partial charge in [-0.25, -0.2) is 0 Å². The number of alkyl halides is 1. The van der Waals surface area contributed by atoms with Crippen LogP contribution in [0.3, 0.4) is 0 Å². The molecule has 1 aromatic carbocycles. The van der Waals surface area contributed by atoms with E-state index in [2.05, 4.69) is 67.0 Å². The summed E-state index contributed by atoms with van der Waals surface area (Å²) in [7, 11) is 0. The molecule has 0 aliphatic carbocycles. The Labute approximate surface area is 108 Å². The van der Waals surface area contributed by atoms with E-state index in [1.807, 2.05) is 0 Å². The molecule has 0 aliphatic heterocycles. The molecule has 0 unspecified atom stereocenters. The molecule has 0 aromatic heterocycles. The fourth-order valence-corrected chi connectivity index (χ4v) is 1.99. The molecule has 0 spiro atoms. The number of rotatable bonds is 5. The van der Waals surface area contributed by atoms with Gasteiger partial charge in [-0.3, -0.25) is 0 Å². The third kappa shape index (κ3) is 4.52. The van der Waals surface area contributed by atoms with Crippen LogP contribution in [0.25, 0.3) is 5.57 Å². The van der Waals surface area contributed by atoms with Gasteiger partial charge in [0.25, 0.3) is 0 Å². The molecule has 1 rings (SSSR count). The van der Waals surface area contributed by atoms with Crippen molar-refractivity contribution in [3.8, 4) is 0 Å². The molecule has 0 atom stereocenters. The van der Waals surface area contributed by atoms with E-state index < -0.39 is 0 Å². The van der Waals surface area contributed by atoms with Crippen molar-refractivity contribution >= 4 is 21.5 Å². The minimum Gasteiger partial charge on any atom is -0.0925 e. The minimum absolute atomic E-state index is 0.732. The molecule has 0 saturated carbocycles. The van der Waals surface area contributed by atoms with Crippen molar-refractivity contribution in [2.45, 2.75) is 33.6 Å². The van der Waals surface area contributed by atoms with Gasteiger partial charge in [-0.15, -0.1) is 0 Å². The fraction of sp³-hybridized carbons (Fsp3) is 0.467. The molecule has 0 bridgehead atoms. The van der Waals surface area contributed by atoms with Crippen LogP contribution in [0, 0.1) is 5.92 Å². The lowest BCUT2D eigenvalue weighted by Crippen LogP contribution is -1.93. The van der Waals surface area contributed by atoms with E-state index in [0.717, 1.165) is 17.7 Å². The van der Waals surface area contributed by atoms with Crippen LogP contribution in [0.1, 0.15) is 38.3 Å². The zero-order chi connectivity index (χ0) is 12.0. The highest BCUT2D eigenvalue weighted by molar-refractivity contribution is 9.09. The number of hydrogen-bond acceptors (Lipinski definition) is 0. The topological polar surface area (TPSA) is 0 Å². The van der Waals surface area contributed by atoms with Gasteiger partial charge in [0, 0.05) is 5.33 Å². The summed E-state index contributed by atoms with van der Waals surface area (Å²) >= 11 is 3.44. The lowest BCUT2D eigenvalue weighted by atomic mass is 9.99. The zero-order valence-corrected chi connectivity index (χ0v) is 12.0. The molecule has 0 fully saturated rings. The van der Waals surface area contributed by atoms with Gasteiger partial charge in [0.05, 0.1) is 0 Å². The van der Waals surface area contributed by atoms with E-state index in [0.29, 0.717) is 0 Å². The molecule has 1 aromatic rings.